The Morgan fingerprint density at radius 3 is 2.96 bits per heavy atom. The van der Waals surface area contributed by atoms with Crippen molar-refractivity contribution in [2.45, 2.75) is 38.6 Å². The molecular weight excluding hydrogens is 284 g/mol. The van der Waals surface area contributed by atoms with Gasteiger partial charge in [-0.1, -0.05) is 18.2 Å². The summed E-state index contributed by atoms with van der Waals surface area (Å²) in [7, 11) is 2.15. The zero-order valence-electron chi connectivity index (χ0n) is 13.8. The summed E-state index contributed by atoms with van der Waals surface area (Å²) < 4.78 is 0. The monoisotopic (exact) mass is 307 g/mol. The average molecular weight is 307 g/mol. The fourth-order valence-corrected chi connectivity index (χ4v) is 3.90. The largest absolute Gasteiger partial charge is 0.507 e. The molecule has 1 radical (unpaired) electrons. The van der Waals surface area contributed by atoms with E-state index in [-0.39, 0.29) is 0 Å². The molecule has 3 nitrogen and oxygen atoms in total. The van der Waals surface area contributed by atoms with Crippen LogP contribution in [0.2, 0.25) is 0 Å². The molecule has 0 spiro atoms. The van der Waals surface area contributed by atoms with E-state index in [0.717, 1.165) is 42.6 Å². The highest BCUT2D eigenvalue weighted by atomic mass is 16.3. The molecule has 2 aliphatic heterocycles. The maximum atomic E-state index is 10.6. The van der Waals surface area contributed by atoms with E-state index >= 15 is 0 Å². The predicted octanol–water partition coefficient (Wildman–Crippen LogP) is 3.99. The standard InChI is InChI=1S/C20H23N2O/c1-13-8-9-15-5-3-7-16(20(15)22(13)2)18-17(23)11-10-14-6-4-12-21-19(14)18/h3,5,10-11,13,21,23H,4,6,8-9,12H2,1-2H3/t13-/m0/s1. The SMILES string of the molecule is C[C@H]1CCc2cc[c]c(-c3c(O)ccc4c3NCCC4)c2N1C. The van der Waals surface area contributed by atoms with Gasteiger partial charge in [-0.3, -0.25) is 0 Å². The van der Waals surface area contributed by atoms with Gasteiger partial charge in [0.2, 0.25) is 0 Å². The van der Waals surface area contributed by atoms with Crippen molar-refractivity contribution < 1.29 is 5.11 Å². The second kappa shape index (κ2) is 5.48. The third-order valence-corrected chi connectivity index (χ3v) is 5.34. The van der Waals surface area contributed by atoms with E-state index in [0.29, 0.717) is 11.8 Å². The zero-order chi connectivity index (χ0) is 16.0. The number of aryl methyl sites for hydroxylation is 2. The second-order valence-corrected chi connectivity index (χ2v) is 6.75. The van der Waals surface area contributed by atoms with Crippen LogP contribution < -0.4 is 10.2 Å². The molecular formula is C20H23N2O. The van der Waals surface area contributed by atoms with Crippen LogP contribution in [0.15, 0.2) is 24.3 Å². The quantitative estimate of drug-likeness (QED) is 0.836. The first kappa shape index (κ1) is 14.4. The number of benzene rings is 2. The van der Waals surface area contributed by atoms with Gasteiger partial charge in [-0.15, -0.1) is 0 Å². The third kappa shape index (κ3) is 2.26. The lowest BCUT2D eigenvalue weighted by molar-refractivity contribution is 0.477. The van der Waals surface area contributed by atoms with E-state index in [9.17, 15) is 5.11 Å². The first-order valence-electron chi connectivity index (χ1n) is 8.52. The van der Waals surface area contributed by atoms with Gasteiger partial charge in [-0.25, -0.2) is 0 Å². The van der Waals surface area contributed by atoms with Crippen LogP contribution in [0.1, 0.15) is 30.9 Å². The predicted molar refractivity (Wildman–Crippen MR) is 95.4 cm³/mol. The molecule has 2 aromatic carbocycles. The Labute approximate surface area is 138 Å². The van der Waals surface area contributed by atoms with Crippen LogP contribution in [-0.4, -0.2) is 24.7 Å². The summed E-state index contributed by atoms with van der Waals surface area (Å²) in [6.07, 6.45) is 4.47. The number of anilines is 2. The molecule has 0 unspecified atom stereocenters. The van der Waals surface area contributed by atoms with Crippen molar-refractivity contribution in [3.05, 3.63) is 41.5 Å². The maximum Gasteiger partial charge on any atom is 0.125 e. The van der Waals surface area contributed by atoms with Crippen LogP contribution in [0, 0.1) is 6.07 Å². The summed E-state index contributed by atoms with van der Waals surface area (Å²) in [5, 5.41) is 14.1. The molecule has 0 aliphatic carbocycles. The van der Waals surface area contributed by atoms with Crippen LogP contribution in [0.25, 0.3) is 11.1 Å². The molecule has 0 fully saturated rings. The summed E-state index contributed by atoms with van der Waals surface area (Å²) in [6, 6.07) is 12.0. The lowest BCUT2D eigenvalue weighted by Crippen LogP contribution is -2.34. The van der Waals surface area contributed by atoms with Crippen molar-refractivity contribution in [2.24, 2.45) is 0 Å². The van der Waals surface area contributed by atoms with Crippen LogP contribution in [0.5, 0.6) is 5.75 Å². The molecule has 1 atom stereocenters. The average Bonchev–Trinajstić information content (AvgIpc) is 2.58. The topological polar surface area (TPSA) is 35.5 Å². The Balaban J connectivity index is 1.96. The first-order valence-corrected chi connectivity index (χ1v) is 8.52. The Bertz CT molecular complexity index is 754. The minimum atomic E-state index is 0.342. The molecule has 2 aliphatic rings. The summed E-state index contributed by atoms with van der Waals surface area (Å²) in [4.78, 5) is 2.34. The summed E-state index contributed by atoms with van der Waals surface area (Å²) in [6.45, 7) is 3.23. The molecule has 0 saturated carbocycles. The summed E-state index contributed by atoms with van der Waals surface area (Å²) in [5.74, 6) is 0.342. The lowest BCUT2D eigenvalue weighted by atomic mass is 9.88. The fraction of sp³-hybridized carbons (Fsp3) is 0.400. The van der Waals surface area contributed by atoms with Gasteiger partial charge in [0, 0.05) is 42.1 Å². The smallest absolute Gasteiger partial charge is 0.125 e. The molecule has 2 aromatic rings. The van der Waals surface area contributed by atoms with E-state index in [1.165, 1.54) is 23.2 Å². The van der Waals surface area contributed by atoms with E-state index in [1.54, 1.807) is 0 Å². The highest BCUT2D eigenvalue weighted by Crippen LogP contribution is 2.46. The van der Waals surface area contributed by atoms with Gasteiger partial charge in [0.1, 0.15) is 5.75 Å². The normalized spacial score (nSPS) is 19.7. The van der Waals surface area contributed by atoms with Crippen molar-refractivity contribution in [2.75, 3.05) is 23.8 Å². The highest BCUT2D eigenvalue weighted by Gasteiger charge is 2.26. The van der Waals surface area contributed by atoms with Crippen LogP contribution in [0.4, 0.5) is 11.4 Å². The number of phenolic OH excluding ortho intramolecular Hbond substituents is 1. The van der Waals surface area contributed by atoms with Gasteiger partial charge in [-0.05, 0) is 55.9 Å². The second-order valence-electron chi connectivity index (χ2n) is 6.75. The Morgan fingerprint density at radius 2 is 2.09 bits per heavy atom. The molecule has 119 valence electrons. The molecule has 2 heterocycles. The van der Waals surface area contributed by atoms with Crippen molar-refractivity contribution in [1.82, 2.24) is 0 Å². The van der Waals surface area contributed by atoms with Gasteiger partial charge < -0.3 is 15.3 Å². The molecule has 23 heavy (non-hydrogen) atoms. The van der Waals surface area contributed by atoms with Crippen molar-refractivity contribution in [3.8, 4) is 16.9 Å². The minimum absolute atomic E-state index is 0.342. The van der Waals surface area contributed by atoms with Gasteiger partial charge >= 0.3 is 0 Å². The Morgan fingerprint density at radius 1 is 1.22 bits per heavy atom. The van der Waals surface area contributed by atoms with Crippen LogP contribution >= 0.6 is 0 Å². The lowest BCUT2D eigenvalue weighted by Gasteiger charge is -2.36. The van der Waals surface area contributed by atoms with Crippen LogP contribution in [-0.2, 0) is 12.8 Å². The van der Waals surface area contributed by atoms with E-state index < -0.39 is 0 Å². The van der Waals surface area contributed by atoms with E-state index in [2.05, 4.69) is 36.3 Å². The maximum absolute atomic E-state index is 10.6. The number of hydrogen-bond donors (Lipinski definition) is 2. The minimum Gasteiger partial charge on any atom is -0.507 e. The number of fused-ring (bicyclic) bond motifs is 2. The van der Waals surface area contributed by atoms with E-state index in [1.807, 2.05) is 18.2 Å². The van der Waals surface area contributed by atoms with E-state index in [4.69, 9.17) is 0 Å². The van der Waals surface area contributed by atoms with Crippen molar-refractivity contribution in [3.63, 3.8) is 0 Å². The molecule has 0 aromatic heterocycles. The summed E-state index contributed by atoms with van der Waals surface area (Å²) in [5.41, 5.74) is 6.91. The van der Waals surface area contributed by atoms with Gasteiger partial charge in [0.25, 0.3) is 0 Å². The van der Waals surface area contributed by atoms with Gasteiger partial charge in [-0.2, -0.15) is 0 Å². The molecule has 3 heteroatoms. The zero-order valence-corrected chi connectivity index (χ0v) is 13.8. The Hall–Kier alpha value is -2.16. The molecule has 2 N–H and O–H groups in total. The third-order valence-electron chi connectivity index (χ3n) is 5.34. The highest BCUT2D eigenvalue weighted by molar-refractivity contribution is 5.93. The number of nitrogens with one attached hydrogen (secondary N) is 1. The number of phenols is 1. The van der Waals surface area contributed by atoms with Crippen molar-refractivity contribution >= 4 is 11.4 Å². The fourth-order valence-electron chi connectivity index (χ4n) is 3.90. The molecule has 0 amide bonds. The molecule has 0 saturated heterocycles. The number of rotatable bonds is 1. The number of hydrogen-bond acceptors (Lipinski definition) is 3. The van der Waals surface area contributed by atoms with Crippen LogP contribution in [0.3, 0.4) is 0 Å². The first-order chi connectivity index (χ1) is 11.2. The molecule has 4 rings (SSSR count). The molecule has 0 bridgehead atoms. The number of aromatic hydroxyl groups is 1. The Kier molecular flexibility index (Phi) is 3.44. The van der Waals surface area contributed by atoms with Gasteiger partial charge in [0.05, 0.1) is 0 Å². The van der Waals surface area contributed by atoms with Crippen molar-refractivity contribution in [1.29, 1.82) is 0 Å². The number of nitrogens with zero attached hydrogens (tertiary/aromatic N) is 1. The summed E-state index contributed by atoms with van der Waals surface area (Å²) >= 11 is 0. The van der Waals surface area contributed by atoms with Gasteiger partial charge in [0.15, 0.2) is 0 Å².